The maximum Gasteiger partial charge on any atom is 0.331 e. The van der Waals surface area contributed by atoms with E-state index < -0.39 is 12.0 Å². The molecule has 1 heterocycles. The number of nitrogens with two attached hydrogens (primary N) is 1. The predicted octanol–water partition coefficient (Wildman–Crippen LogP) is 0.442. The zero-order chi connectivity index (χ0) is 8.97. The van der Waals surface area contributed by atoms with Crippen molar-refractivity contribution in [2.45, 2.75) is 6.04 Å². The molecule has 1 atom stereocenters. The number of hydrogen-bond acceptors (Lipinski definition) is 5. The molecule has 1 aromatic rings. The average Bonchev–Trinajstić information content (AvgIpc) is 2.55. The maximum atomic E-state index is 11.0. The fourth-order valence-electron chi connectivity index (χ4n) is 0.571. The Kier molecular flexibility index (Phi) is 3.19. The van der Waals surface area contributed by atoms with E-state index in [-0.39, 0.29) is 11.7 Å². The highest BCUT2D eigenvalue weighted by atomic mass is 32.1. The minimum atomic E-state index is -0.710. The lowest BCUT2D eigenvalue weighted by Crippen LogP contribution is -2.35. The molecule has 0 aliphatic carbocycles. The van der Waals surface area contributed by atoms with Crippen LogP contribution in [0.2, 0.25) is 0 Å². The Bertz CT molecular complexity index is 247. The number of rotatable bonds is 3. The minimum Gasteiger partial charge on any atom is -0.434 e. The van der Waals surface area contributed by atoms with Gasteiger partial charge in [-0.1, -0.05) is 0 Å². The molecular weight excluding hydrogens is 178 g/mol. The second kappa shape index (κ2) is 4.18. The van der Waals surface area contributed by atoms with Crippen LogP contribution in [0.4, 0.5) is 0 Å². The molecule has 0 unspecified atom stereocenters. The summed E-state index contributed by atoms with van der Waals surface area (Å²) in [7, 11) is 0. The topological polar surface area (TPSA) is 65.5 Å². The van der Waals surface area contributed by atoms with Gasteiger partial charge >= 0.3 is 5.97 Å². The number of thiol groups is 1. The van der Waals surface area contributed by atoms with E-state index >= 15 is 0 Å². The van der Waals surface area contributed by atoms with E-state index in [1.54, 1.807) is 6.07 Å². The Morgan fingerprint density at radius 1 is 1.83 bits per heavy atom. The Morgan fingerprint density at radius 2 is 2.58 bits per heavy atom. The summed E-state index contributed by atoms with van der Waals surface area (Å²) in [5.74, 6) is -0.142. The van der Waals surface area contributed by atoms with Gasteiger partial charge in [0.05, 0.1) is 6.26 Å². The lowest BCUT2D eigenvalue weighted by Gasteiger charge is -2.04. The van der Waals surface area contributed by atoms with Gasteiger partial charge < -0.3 is 14.9 Å². The smallest absolute Gasteiger partial charge is 0.331 e. The number of hydrogen-bond donors (Lipinski definition) is 2. The van der Waals surface area contributed by atoms with E-state index in [9.17, 15) is 4.79 Å². The quantitative estimate of drug-likeness (QED) is 0.532. The number of esters is 1. The molecule has 5 heteroatoms. The normalized spacial score (nSPS) is 12.5. The molecule has 0 radical (unpaired) electrons. The summed E-state index contributed by atoms with van der Waals surface area (Å²) in [5.41, 5.74) is 5.34. The summed E-state index contributed by atoms with van der Waals surface area (Å²) in [4.78, 5) is 11.0. The van der Waals surface area contributed by atoms with E-state index in [2.05, 4.69) is 12.6 Å². The van der Waals surface area contributed by atoms with Crippen LogP contribution in [-0.2, 0) is 4.79 Å². The molecule has 4 nitrogen and oxygen atoms in total. The molecule has 1 rings (SSSR count). The van der Waals surface area contributed by atoms with Crippen LogP contribution < -0.4 is 10.5 Å². The SMILES string of the molecule is N[C@@H](CS)C(=O)Oc1ccco1. The summed E-state index contributed by atoms with van der Waals surface area (Å²) in [6.45, 7) is 0. The first-order valence-corrected chi connectivity index (χ1v) is 3.99. The minimum absolute atomic E-state index is 0.150. The standard InChI is InChI=1S/C7H9NO3S/c8-5(4-12)7(9)11-6-2-1-3-10-6/h1-3,5,12H,4,8H2/t5-/m0/s1. The highest BCUT2D eigenvalue weighted by Crippen LogP contribution is 2.10. The molecule has 66 valence electrons. The maximum absolute atomic E-state index is 11.0. The lowest BCUT2D eigenvalue weighted by molar-refractivity contribution is -0.136. The van der Waals surface area contributed by atoms with Crippen LogP contribution in [0.3, 0.4) is 0 Å². The molecule has 0 amide bonds. The van der Waals surface area contributed by atoms with Crippen LogP contribution in [0, 0.1) is 0 Å². The van der Waals surface area contributed by atoms with Crippen LogP contribution in [0.15, 0.2) is 22.8 Å². The van der Waals surface area contributed by atoms with E-state index in [0.717, 1.165) is 0 Å². The Morgan fingerprint density at radius 3 is 3.08 bits per heavy atom. The van der Waals surface area contributed by atoms with E-state index in [4.69, 9.17) is 14.9 Å². The summed E-state index contributed by atoms with van der Waals surface area (Å²) >= 11 is 3.85. The molecule has 12 heavy (non-hydrogen) atoms. The number of ether oxygens (including phenoxy) is 1. The molecule has 0 aliphatic rings. The molecule has 0 saturated heterocycles. The van der Waals surface area contributed by atoms with Gasteiger partial charge in [-0.2, -0.15) is 12.6 Å². The van der Waals surface area contributed by atoms with Crippen LogP contribution in [-0.4, -0.2) is 17.8 Å². The van der Waals surface area contributed by atoms with Crippen molar-refractivity contribution in [3.8, 4) is 5.95 Å². The largest absolute Gasteiger partial charge is 0.434 e. The third-order valence-electron chi connectivity index (χ3n) is 1.20. The molecule has 0 bridgehead atoms. The summed E-state index contributed by atoms with van der Waals surface area (Å²) < 4.78 is 9.50. The van der Waals surface area contributed by atoms with Crippen molar-refractivity contribution >= 4 is 18.6 Å². The van der Waals surface area contributed by atoms with Crippen molar-refractivity contribution in [2.75, 3.05) is 5.75 Å². The fourth-order valence-corrected chi connectivity index (χ4v) is 0.720. The van der Waals surface area contributed by atoms with Gasteiger partial charge in [-0.05, 0) is 6.07 Å². The van der Waals surface area contributed by atoms with Gasteiger partial charge in [0.25, 0.3) is 5.95 Å². The second-order valence-corrected chi connectivity index (χ2v) is 2.51. The lowest BCUT2D eigenvalue weighted by atomic mass is 10.4. The van der Waals surface area contributed by atoms with Gasteiger partial charge in [0.1, 0.15) is 6.04 Å². The van der Waals surface area contributed by atoms with Gasteiger partial charge in [0.15, 0.2) is 0 Å². The average molecular weight is 187 g/mol. The zero-order valence-corrected chi connectivity index (χ0v) is 7.16. The highest BCUT2D eigenvalue weighted by molar-refractivity contribution is 7.80. The van der Waals surface area contributed by atoms with E-state index in [0.29, 0.717) is 0 Å². The summed E-state index contributed by atoms with van der Waals surface area (Å²) in [6, 6.07) is 2.44. The molecular formula is C7H9NO3S. The number of furan rings is 1. The van der Waals surface area contributed by atoms with Crippen LogP contribution >= 0.6 is 12.6 Å². The first kappa shape index (κ1) is 9.15. The van der Waals surface area contributed by atoms with Crippen molar-refractivity contribution < 1.29 is 13.9 Å². The Labute approximate surface area is 75.1 Å². The van der Waals surface area contributed by atoms with Crippen LogP contribution in [0.5, 0.6) is 5.95 Å². The van der Waals surface area contributed by atoms with Gasteiger partial charge in [-0.25, -0.2) is 4.79 Å². The third-order valence-corrected chi connectivity index (χ3v) is 1.59. The van der Waals surface area contributed by atoms with Crippen molar-refractivity contribution in [3.63, 3.8) is 0 Å². The second-order valence-electron chi connectivity index (χ2n) is 2.14. The van der Waals surface area contributed by atoms with Gasteiger partial charge in [-0.3, -0.25) is 0 Å². The highest BCUT2D eigenvalue weighted by Gasteiger charge is 2.14. The van der Waals surface area contributed by atoms with Crippen LogP contribution in [0.1, 0.15) is 0 Å². The molecule has 2 N–H and O–H groups in total. The zero-order valence-electron chi connectivity index (χ0n) is 6.27. The Hall–Kier alpha value is -0.940. The monoisotopic (exact) mass is 187 g/mol. The van der Waals surface area contributed by atoms with E-state index in [1.165, 1.54) is 12.3 Å². The fraction of sp³-hybridized carbons (Fsp3) is 0.286. The summed E-state index contributed by atoms with van der Waals surface area (Å²) in [6.07, 6.45) is 1.41. The van der Waals surface area contributed by atoms with Gasteiger partial charge in [-0.15, -0.1) is 0 Å². The summed E-state index contributed by atoms with van der Waals surface area (Å²) in [5, 5.41) is 0. The first-order valence-electron chi connectivity index (χ1n) is 3.35. The number of carbonyl (C=O) groups excluding carboxylic acids is 1. The predicted molar refractivity (Wildman–Crippen MR) is 46.2 cm³/mol. The number of carbonyl (C=O) groups is 1. The van der Waals surface area contributed by atoms with Crippen molar-refractivity contribution in [3.05, 3.63) is 18.4 Å². The molecule has 0 aromatic carbocycles. The van der Waals surface area contributed by atoms with Crippen molar-refractivity contribution in [2.24, 2.45) is 5.73 Å². The molecule has 1 aromatic heterocycles. The van der Waals surface area contributed by atoms with Crippen molar-refractivity contribution in [1.29, 1.82) is 0 Å². The molecule has 0 spiro atoms. The van der Waals surface area contributed by atoms with Gasteiger partial charge in [0.2, 0.25) is 0 Å². The molecule has 0 saturated carbocycles. The third kappa shape index (κ3) is 2.28. The van der Waals surface area contributed by atoms with Gasteiger partial charge in [0, 0.05) is 11.8 Å². The van der Waals surface area contributed by atoms with Crippen LogP contribution in [0.25, 0.3) is 0 Å². The first-order chi connectivity index (χ1) is 5.74. The van der Waals surface area contributed by atoms with Crippen molar-refractivity contribution in [1.82, 2.24) is 0 Å². The van der Waals surface area contributed by atoms with E-state index in [1.807, 2.05) is 0 Å². The molecule has 0 aliphatic heterocycles. The molecule has 0 fully saturated rings. The Balaban J connectivity index is 2.47.